The summed E-state index contributed by atoms with van der Waals surface area (Å²) >= 11 is 7.02. The number of nitrogen functional groups attached to an aromatic ring is 1. The lowest BCUT2D eigenvalue weighted by atomic mass is 10.3. The van der Waals surface area contributed by atoms with Gasteiger partial charge in [0, 0.05) is 11.1 Å². The molecule has 0 unspecified atom stereocenters. The molecule has 0 fully saturated rings. The Morgan fingerprint density at radius 2 is 2.24 bits per heavy atom. The molecule has 108 valence electrons. The highest BCUT2D eigenvalue weighted by Gasteiger charge is 2.10. The minimum Gasteiger partial charge on any atom is -0.396 e. The van der Waals surface area contributed by atoms with E-state index >= 15 is 0 Å². The van der Waals surface area contributed by atoms with E-state index in [9.17, 15) is 0 Å². The molecule has 3 rings (SSSR count). The summed E-state index contributed by atoms with van der Waals surface area (Å²) in [6, 6.07) is 7.87. The van der Waals surface area contributed by atoms with Crippen molar-refractivity contribution in [3.63, 3.8) is 0 Å². The summed E-state index contributed by atoms with van der Waals surface area (Å²) in [4.78, 5) is 10.1. The number of rotatable bonds is 4. The summed E-state index contributed by atoms with van der Waals surface area (Å²) in [7, 11) is 0. The quantitative estimate of drug-likeness (QED) is 0.657. The van der Waals surface area contributed by atoms with E-state index in [-0.39, 0.29) is 0 Å². The van der Waals surface area contributed by atoms with E-state index in [1.165, 1.54) is 9.60 Å². The van der Waals surface area contributed by atoms with Crippen LogP contribution in [0.1, 0.15) is 5.01 Å². The van der Waals surface area contributed by atoms with Crippen LogP contribution in [-0.4, -0.2) is 16.2 Å². The molecule has 0 saturated carbocycles. The lowest BCUT2D eigenvalue weighted by Crippen LogP contribution is -2.03. The molecule has 0 atom stereocenters. The van der Waals surface area contributed by atoms with Gasteiger partial charge in [0.1, 0.15) is 10.8 Å². The van der Waals surface area contributed by atoms with E-state index in [1.807, 2.05) is 12.1 Å². The Morgan fingerprint density at radius 1 is 1.38 bits per heavy atom. The largest absolute Gasteiger partial charge is 0.396 e. The Hall–Kier alpha value is -1.31. The molecule has 0 aliphatic heterocycles. The average molecular weight is 381 g/mol. The van der Waals surface area contributed by atoms with Gasteiger partial charge in [0.15, 0.2) is 0 Å². The van der Waals surface area contributed by atoms with Crippen LogP contribution >= 0.6 is 39.0 Å². The average Bonchev–Trinajstić information content (AvgIpc) is 2.91. The number of benzene rings is 1. The number of pyridine rings is 1. The molecule has 2 heterocycles. The number of fused-ring (bicyclic) bond motifs is 1. The van der Waals surface area contributed by atoms with Crippen molar-refractivity contribution in [1.29, 1.82) is 0 Å². The molecule has 2 aromatic heterocycles. The topological polar surface area (TPSA) is 63.8 Å². The van der Waals surface area contributed by atoms with Crippen LogP contribution in [0.5, 0.6) is 0 Å². The van der Waals surface area contributed by atoms with Crippen LogP contribution in [-0.2, 0) is 6.54 Å². The summed E-state index contributed by atoms with van der Waals surface area (Å²) in [5.41, 5.74) is 7.52. The molecule has 21 heavy (non-hydrogen) atoms. The smallest absolute Gasteiger partial charge is 0.149 e. The maximum atomic E-state index is 5.87. The number of nitrogens with zero attached hydrogens (tertiary/aromatic N) is 2. The van der Waals surface area contributed by atoms with E-state index in [0.29, 0.717) is 18.1 Å². The molecule has 0 bridgehead atoms. The lowest BCUT2D eigenvalue weighted by Gasteiger charge is -2.05. The molecule has 1 aromatic carbocycles. The van der Waals surface area contributed by atoms with Crippen molar-refractivity contribution in [2.24, 2.45) is 0 Å². The number of aromatic nitrogens is 2. The SMILES string of the molecule is CSc1ccc2sc(CNc3ncccc3N)nc2c1Br. The van der Waals surface area contributed by atoms with Crippen molar-refractivity contribution in [2.45, 2.75) is 11.4 Å². The fourth-order valence-electron chi connectivity index (χ4n) is 1.95. The summed E-state index contributed by atoms with van der Waals surface area (Å²) in [6.07, 6.45) is 3.78. The Morgan fingerprint density at radius 3 is 3.00 bits per heavy atom. The van der Waals surface area contributed by atoms with Crippen LogP contribution in [0.2, 0.25) is 0 Å². The van der Waals surface area contributed by atoms with Crippen molar-refractivity contribution < 1.29 is 0 Å². The van der Waals surface area contributed by atoms with Gasteiger partial charge in [0.05, 0.1) is 26.9 Å². The van der Waals surface area contributed by atoms with Crippen molar-refractivity contribution in [3.05, 3.63) is 39.9 Å². The van der Waals surface area contributed by atoms with E-state index in [0.717, 1.165) is 15.0 Å². The number of halogens is 1. The number of thiazole rings is 1. The maximum absolute atomic E-state index is 5.87. The number of nitrogens with two attached hydrogens (primary N) is 1. The van der Waals surface area contributed by atoms with Gasteiger partial charge in [-0.1, -0.05) is 0 Å². The number of hydrogen-bond donors (Lipinski definition) is 2. The monoisotopic (exact) mass is 380 g/mol. The number of nitrogens with one attached hydrogen (secondary N) is 1. The fraction of sp³-hybridized carbons (Fsp3) is 0.143. The first kappa shape index (κ1) is 14.6. The molecule has 7 heteroatoms. The highest BCUT2D eigenvalue weighted by Crippen LogP contribution is 2.35. The van der Waals surface area contributed by atoms with Crippen LogP contribution in [0.25, 0.3) is 10.2 Å². The molecule has 0 radical (unpaired) electrons. The van der Waals surface area contributed by atoms with Crippen LogP contribution in [0, 0.1) is 0 Å². The number of hydrogen-bond acceptors (Lipinski definition) is 6. The third-order valence-corrected chi connectivity index (χ3v) is 5.84. The first-order valence-electron chi connectivity index (χ1n) is 6.25. The fourth-order valence-corrected chi connectivity index (χ4v) is 4.39. The van der Waals surface area contributed by atoms with Crippen molar-refractivity contribution in [3.8, 4) is 0 Å². The molecular formula is C14H13BrN4S2. The summed E-state index contributed by atoms with van der Waals surface area (Å²) in [5, 5.41) is 4.24. The summed E-state index contributed by atoms with van der Waals surface area (Å²) < 4.78 is 2.23. The minimum atomic E-state index is 0.613. The van der Waals surface area contributed by atoms with Gasteiger partial charge in [0.25, 0.3) is 0 Å². The molecule has 0 spiro atoms. The molecule has 0 aliphatic carbocycles. The second-order valence-corrected chi connectivity index (χ2v) is 7.09. The number of thioether (sulfide) groups is 1. The molecule has 0 saturated heterocycles. The van der Waals surface area contributed by atoms with E-state index in [4.69, 9.17) is 10.7 Å². The predicted octanol–water partition coefficient (Wildman–Crippen LogP) is 4.37. The third-order valence-electron chi connectivity index (χ3n) is 2.97. The summed E-state index contributed by atoms with van der Waals surface area (Å²) in [5.74, 6) is 0.695. The number of anilines is 2. The highest BCUT2D eigenvalue weighted by atomic mass is 79.9. The van der Waals surface area contributed by atoms with Crippen molar-refractivity contribution in [2.75, 3.05) is 17.3 Å². The van der Waals surface area contributed by atoms with Gasteiger partial charge in [-0.2, -0.15) is 0 Å². The van der Waals surface area contributed by atoms with Gasteiger partial charge >= 0.3 is 0 Å². The first-order chi connectivity index (χ1) is 10.2. The van der Waals surface area contributed by atoms with E-state index in [2.05, 4.69) is 44.6 Å². The Kier molecular flexibility index (Phi) is 4.32. The summed E-state index contributed by atoms with van der Waals surface area (Å²) in [6.45, 7) is 0.613. The normalized spacial score (nSPS) is 11.0. The Labute approximate surface area is 139 Å². The highest BCUT2D eigenvalue weighted by molar-refractivity contribution is 9.10. The Bertz CT molecular complexity index is 788. The zero-order chi connectivity index (χ0) is 14.8. The molecule has 4 nitrogen and oxygen atoms in total. The molecule has 0 aliphatic rings. The van der Waals surface area contributed by atoms with Crippen molar-refractivity contribution in [1.82, 2.24) is 9.97 Å². The second kappa shape index (κ2) is 6.21. The first-order valence-corrected chi connectivity index (χ1v) is 9.08. The van der Waals surface area contributed by atoms with Gasteiger partial charge in [-0.25, -0.2) is 9.97 Å². The van der Waals surface area contributed by atoms with Crippen LogP contribution in [0.15, 0.2) is 39.8 Å². The van der Waals surface area contributed by atoms with E-state index in [1.54, 1.807) is 29.3 Å². The Balaban J connectivity index is 1.85. The van der Waals surface area contributed by atoms with Crippen LogP contribution in [0.3, 0.4) is 0 Å². The predicted molar refractivity (Wildman–Crippen MR) is 95.1 cm³/mol. The molecule has 0 amide bonds. The van der Waals surface area contributed by atoms with Crippen molar-refractivity contribution >= 4 is 60.8 Å². The van der Waals surface area contributed by atoms with Gasteiger partial charge in [-0.15, -0.1) is 23.1 Å². The standard InChI is InChI=1S/C14H13BrN4S2/c1-20-9-4-5-10-13(12(9)15)19-11(21-10)7-18-14-8(16)3-2-6-17-14/h2-6H,7,16H2,1H3,(H,17,18). The molecule has 3 aromatic rings. The van der Waals surface area contributed by atoms with Gasteiger partial charge in [0.2, 0.25) is 0 Å². The second-order valence-electron chi connectivity index (χ2n) is 4.33. The molecule has 3 N–H and O–H groups in total. The van der Waals surface area contributed by atoms with E-state index < -0.39 is 0 Å². The minimum absolute atomic E-state index is 0.613. The molecular weight excluding hydrogens is 368 g/mol. The van der Waals surface area contributed by atoms with Crippen LogP contribution in [0.4, 0.5) is 11.5 Å². The van der Waals surface area contributed by atoms with Gasteiger partial charge < -0.3 is 11.1 Å². The van der Waals surface area contributed by atoms with Gasteiger partial charge in [-0.05, 0) is 46.5 Å². The lowest BCUT2D eigenvalue weighted by molar-refractivity contribution is 1.09. The zero-order valence-corrected chi connectivity index (χ0v) is 14.5. The van der Waals surface area contributed by atoms with Crippen LogP contribution < -0.4 is 11.1 Å². The maximum Gasteiger partial charge on any atom is 0.149 e. The third kappa shape index (κ3) is 3.00. The van der Waals surface area contributed by atoms with Gasteiger partial charge in [-0.3, -0.25) is 0 Å². The zero-order valence-electron chi connectivity index (χ0n) is 11.3.